The quantitative estimate of drug-likeness (QED) is 0.851. The van der Waals surface area contributed by atoms with E-state index in [-0.39, 0.29) is 24.2 Å². The van der Waals surface area contributed by atoms with Gasteiger partial charge in [0.2, 0.25) is 0 Å². The molecule has 1 saturated carbocycles. The van der Waals surface area contributed by atoms with Crippen molar-refractivity contribution in [3.8, 4) is 0 Å². The van der Waals surface area contributed by atoms with Gasteiger partial charge in [-0.3, -0.25) is 4.79 Å². The van der Waals surface area contributed by atoms with E-state index in [0.29, 0.717) is 36.1 Å². The van der Waals surface area contributed by atoms with Gasteiger partial charge in [-0.15, -0.1) is 0 Å². The Kier molecular flexibility index (Phi) is 4.24. The van der Waals surface area contributed by atoms with Crippen LogP contribution < -0.4 is 0 Å². The Balaban J connectivity index is 1.64. The molecule has 6 heteroatoms. The third-order valence-electron chi connectivity index (χ3n) is 4.87. The van der Waals surface area contributed by atoms with Gasteiger partial charge in [-0.1, -0.05) is 11.6 Å². The zero-order valence-electron chi connectivity index (χ0n) is 13.5. The Bertz CT molecular complexity index is 759. The molecule has 2 fully saturated rings. The van der Waals surface area contributed by atoms with E-state index in [2.05, 4.69) is 0 Å². The number of hydrogen-bond donors (Lipinski definition) is 0. The molecule has 1 aliphatic heterocycles. The molecule has 128 valence electrons. The summed E-state index contributed by atoms with van der Waals surface area (Å²) in [5.74, 6) is 0.232. The normalized spacial score (nSPS) is 26.8. The fourth-order valence-corrected chi connectivity index (χ4v) is 4.00. The number of rotatable bonds is 3. The molecule has 3 atom stereocenters. The average Bonchev–Trinajstić information content (AvgIpc) is 3.08. The maximum Gasteiger partial charge on any atom is 0.290 e. The second kappa shape index (κ2) is 6.39. The molecule has 1 amide bonds. The number of halogens is 1. The molecular weight excluding hydrogens is 330 g/mol. The SMILES string of the molecule is CCOC1C2CCC1N(C(=O)c1cc3cc(Cl)ccc3o1)CCO2. The van der Waals surface area contributed by atoms with Gasteiger partial charge in [-0.25, -0.2) is 0 Å². The summed E-state index contributed by atoms with van der Waals surface area (Å²) in [6.45, 7) is 3.68. The van der Waals surface area contributed by atoms with E-state index >= 15 is 0 Å². The van der Waals surface area contributed by atoms with Crippen LogP contribution in [0.5, 0.6) is 0 Å². The first-order valence-electron chi connectivity index (χ1n) is 8.40. The lowest BCUT2D eigenvalue weighted by Crippen LogP contribution is -2.46. The summed E-state index contributed by atoms with van der Waals surface area (Å²) >= 11 is 6.01. The molecule has 1 aromatic carbocycles. The number of hydrogen-bond acceptors (Lipinski definition) is 4. The fourth-order valence-electron chi connectivity index (χ4n) is 3.82. The molecule has 2 aromatic rings. The molecule has 3 unspecified atom stereocenters. The smallest absolute Gasteiger partial charge is 0.290 e. The van der Waals surface area contributed by atoms with Gasteiger partial charge in [0, 0.05) is 23.6 Å². The van der Waals surface area contributed by atoms with E-state index in [9.17, 15) is 4.79 Å². The predicted octanol–water partition coefficient (Wildman–Crippen LogP) is 3.49. The van der Waals surface area contributed by atoms with E-state index in [4.69, 9.17) is 25.5 Å². The highest BCUT2D eigenvalue weighted by Gasteiger charge is 2.45. The Labute approximate surface area is 145 Å². The van der Waals surface area contributed by atoms with Gasteiger partial charge in [-0.2, -0.15) is 0 Å². The number of fused-ring (bicyclic) bond motifs is 3. The first-order chi connectivity index (χ1) is 11.7. The fraction of sp³-hybridized carbons (Fsp3) is 0.500. The van der Waals surface area contributed by atoms with Gasteiger partial charge >= 0.3 is 0 Å². The lowest BCUT2D eigenvalue weighted by atomic mass is 10.1. The highest BCUT2D eigenvalue weighted by atomic mass is 35.5. The summed E-state index contributed by atoms with van der Waals surface area (Å²) in [5, 5.41) is 1.46. The monoisotopic (exact) mass is 349 g/mol. The third-order valence-corrected chi connectivity index (χ3v) is 5.10. The van der Waals surface area contributed by atoms with Gasteiger partial charge in [-0.05, 0) is 44.0 Å². The standard InChI is InChI=1S/C18H20ClNO4/c1-2-22-17-13-4-6-15(17)23-8-7-20(13)18(21)16-10-11-9-12(19)3-5-14(11)24-16/h3,5,9-10,13,15,17H,2,4,6-8H2,1H3. The van der Waals surface area contributed by atoms with Crippen LogP contribution in [0.1, 0.15) is 30.3 Å². The van der Waals surface area contributed by atoms with Crippen molar-refractivity contribution in [2.24, 2.45) is 0 Å². The summed E-state index contributed by atoms with van der Waals surface area (Å²) in [6.07, 6.45) is 1.85. The highest BCUT2D eigenvalue weighted by Crippen LogP contribution is 2.33. The minimum absolute atomic E-state index is 0.0433. The van der Waals surface area contributed by atoms with Gasteiger partial charge in [0.05, 0.1) is 18.8 Å². The number of carbonyl (C=O) groups is 1. The van der Waals surface area contributed by atoms with Crippen LogP contribution >= 0.6 is 11.6 Å². The Morgan fingerprint density at radius 3 is 3.08 bits per heavy atom. The van der Waals surface area contributed by atoms with Crippen molar-refractivity contribution in [2.75, 3.05) is 19.8 Å². The van der Waals surface area contributed by atoms with Crippen LogP contribution in [-0.2, 0) is 9.47 Å². The molecule has 0 N–H and O–H groups in total. The van der Waals surface area contributed by atoms with E-state index in [0.717, 1.165) is 18.2 Å². The Morgan fingerprint density at radius 2 is 2.25 bits per heavy atom. The van der Waals surface area contributed by atoms with Crippen LogP contribution in [0.2, 0.25) is 5.02 Å². The van der Waals surface area contributed by atoms with Crippen LogP contribution in [0, 0.1) is 0 Å². The summed E-state index contributed by atoms with van der Waals surface area (Å²) in [6, 6.07) is 7.15. The van der Waals surface area contributed by atoms with Crippen molar-refractivity contribution in [2.45, 2.75) is 38.0 Å². The van der Waals surface area contributed by atoms with Crippen molar-refractivity contribution >= 4 is 28.5 Å². The molecule has 2 heterocycles. The molecule has 2 bridgehead atoms. The first kappa shape index (κ1) is 15.9. The first-order valence-corrected chi connectivity index (χ1v) is 8.78. The number of nitrogens with zero attached hydrogens (tertiary/aromatic N) is 1. The molecule has 4 rings (SSSR count). The summed E-state index contributed by atoms with van der Waals surface area (Å²) < 4.78 is 17.5. The zero-order chi connectivity index (χ0) is 16.7. The molecule has 2 aliphatic rings. The van der Waals surface area contributed by atoms with Gasteiger partial charge < -0.3 is 18.8 Å². The lowest BCUT2D eigenvalue weighted by Gasteiger charge is -2.30. The highest BCUT2D eigenvalue weighted by molar-refractivity contribution is 6.31. The Hall–Kier alpha value is -1.56. The molecular formula is C18H20ClNO4. The maximum atomic E-state index is 13.0. The van der Waals surface area contributed by atoms with Crippen molar-refractivity contribution in [3.63, 3.8) is 0 Å². The number of amides is 1. The van der Waals surface area contributed by atoms with Gasteiger partial charge in [0.1, 0.15) is 11.7 Å². The second-order valence-corrected chi connectivity index (χ2v) is 6.70. The third kappa shape index (κ3) is 2.70. The molecule has 5 nitrogen and oxygen atoms in total. The van der Waals surface area contributed by atoms with Crippen molar-refractivity contribution in [1.82, 2.24) is 4.90 Å². The summed E-state index contributed by atoms with van der Waals surface area (Å²) in [4.78, 5) is 14.9. The van der Waals surface area contributed by atoms with Crippen molar-refractivity contribution in [1.29, 1.82) is 0 Å². The predicted molar refractivity (Wildman–Crippen MR) is 90.4 cm³/mol. The number of ether oxygens (including phenoxy) is 2. The van der Waals surface area contributed by atoms with Crippen LogP contribution in [0.4, 0.5) is 0 Å². The minimum Gasteiger partial charge on any atom is -0.451 e. The van der Waals surface area contributed by atoms with E-state index < -0.39 is 0 Å². The molecule has 1 aliphatic carbocycles. The lowest BCUT2D eigenvalue weighted by molar-refractivity contribution is -0.0485. The van der Waals surface area contributed by atoms with E-state index in [1.165, 1.54) is 0 Å². The minimum atomic E-state index is -0.108. The van der Waals surface area contributed by atoms with Crippen molar-refractivity contribution < 1.29 is 18.7 Å². The molecule has 1 aromatic heterocycles. The molecule has 24 heavy (non-hydrogen) atoms. The van der Waals surface area contributed by atoms with Crippen molar-refractivity contribution in [3.05, 3.63) is 35.0 Å². The number of furan rings is 1. The number of benzene rings is 1. The summed E-state index contributed by atoms with van der Waals surface area (Å²) in [7, 11) is 0. The average molecular weight is 350 g/mol. The van der Waals surface area contributed by atoms with Crippen LogP contribution in [0.25, 0.3) is 11.0 Å². The van der Waals surface area contributed by atoms with Gasteiger partial charge in [0.15, 0.2) is 5.76 Å². The molecule has 0 spiro atoms. The van der Waals surface area contributed by atoms with E-state index in [1.807, 2.05) is 11.8 Å². The van der Waals surface area contributed by atoms with Crippen LogP contribution in [0.15, 0.2) is 28.7 Å². The topological polar surface area (TPSA) is 51.9 Å². The Morgan fingerprint density at radius 1 is 1.38 bits per heavy atom. The van der Waals surface area contributed by atoms with Crippen LogP contribution in [0.3, 0.4) is 0 Å². The zero-order valence-corrected chi connectivity index (χ0v) is 14.3. The van der Waals surface area contributed by atoms with E-state index in [1.54, 1.807) is 24.3 Å². The van der Waals surface area contributed by atoms with Crippen LogP contribution in [-0.4, -0.2) is 48.8 Å². The molecule has 1 saturated heterocycles. The maximum absolute atomic E-state index is 13.0. The second-order valence-electron chi connectivity index (χ2n) is 6.27. The molecule has 0 radical (unpaired) electrons. The number of carbonyl (C=O) groups excluding carboxylic acids is 1. The largest absolute Gasteiger partial charge is 0.451 e. The van der Waals surface area contributed by atoms with Gasteiger partial charge in [0.25, 0.3) is 5.91 Å². The summed E-state index contributed by atoms with van der Waals surface area (Å²) in [5.41, 5.74) is 0.666.